The third-order valence-corrected chi connectivity index (χ3v) is 5.09. The summed E-state index contributed by atoms with van der Waals surface area (Å²) in [6.45, 7) is 7.08. The molecule has 94 valence electrons. The van der Waals surface area contributed by atoms with Crippen LogP contribution in [0.25, 0.3) is 0 Å². The van der Waals surface area contributed by atoms with Gasteiger partial charge in [-0.05, 0) is 38.8 Å². The highest BCUT2D eigenvalue weighted by atomic mass is 32.1. The van der Waals surface area contributed by atoms with E-state index in [0.717, 1.165) is 30.6 Å². The van der Waals surface area contributed by atoms with Crippen LogP contribution in [0.15, 0.2) is 5.38 Å². The predicted molar refractivity (Wildman–Crippen MR) is 71.5 cm³/mol. The number of nitrogens with zero attached hydrogens (tertiary/aromatic N) is 2. The summed E-state index contributed by atoms with van der Waals surface area (Å²) in [4.78, 5) is 7.11. The van der Waals surface area contributed by atoms with Crippen molar-refractivity contribution in [1.82, 2.24) is 15.2 Å². The van der Waals surface area contributed by atoms with Crippen LogP contribution in [0.1, 0.15) is 23.5 Å². The monoisotopic (exact) mass is 251 g/mol. The van der Waals surface area contributed by atoms with Crippen LogP contribution in [-0.2, 0) is 6.42 Å². The second-order valence-electron chi connectivity index (χ2n) is 5.33. The quantitative estimate of drug-likeness (QED) is 0.882. The molecule has 3 saturated heterocycles. The molecule has 0 spiro atoms. The molecule has 1 aromatic rings. The molecule has 3 aliphatic heterocycles. The van der Waals surface area contributed by atoms with Crippen LogP contribution in [0, 0.1) is 12.8 Å². The molecular formula is C13H21N3S. The summed E-state index contributed by atoms with van der Waals surface area (Å²) in [7, 11) is 0. The molecule has 4 heteroatoms. The van der Waals surface area contributed by atoms with Crippen LogP contribution < -0.4 is 5.32 Å². The summed E-state index contributed by atoms with van der Waals surface area (Å²) < 4.78 is 0. The molecule has 1 aromatic heterocycles. The lowest BCUT2D eigenvalue weighted by atomic mass is 9.84. The fourth-order valence-corrected chi connectivity index (χ4v) is 3.85. The minimum atomic E-state index is 0.735. The van der Waals surface area contributed by atoms with Gasteiger partial charge in [-0.25, -0.2) is 4.98 Å². The SMILES string of the molecule is Cc1csc(CCNC2CN3CCC2CC3)n1. The van der Waals surface area contributed by atoms with Crippen LogP contribution in [0.4, 0.5) is 0 Å². The Morgan fingerprint density at radius 2 is 2.29 bits per heavy atom. The first kappa shape index (κ1) is 11.6. The molecule has 17 heavy (non-hydrogen) atoms. The van der Waals surface area contributed by atoms with Crippen molar-refractivity contribution in [1.29, 1.82) is 0 Å². The Labute approximate surface area is 107 Å². The van der Waals surface area contributed by atoms with Crippen molar-refractivity contribution >= 4 is 11.3 Å². The molecule has 0 aliphatic carbocycles. The minimum absolute atomic E-state index is 0.735. The van der Waals surface area contributed by atoms with Gasteiger partial charge in [0.1, 0.15) is 0 Å². The fraction of sp³-hybridized carbons (Fsp3) is 0.769. The van der Waals surface area contributed by atoms with Crippen molar-refractivity contribution in [2.24, 2.45) is 5.92 Å². The summed E-state index contributed by atoms with van der Waals surface area (Å²) in [6, 6.07) is 0.735. The average molecular weight is 251 g/mol. The van der Waals surface area contributed by atoms with Crippen LogP contribution in [0.2, 0.25) is 0 Å². The minimum Gasteiger partial charge on any atom is -0.312 e. The van der Waals surface area contributed by atoms with Gasteiger partial charge in [0.15, 0.2) is 0 Å². The summed E-state index contributed by atoms with van der Waals surface area (Å²) in [5.41, 5.74) is 1.16. The Hall–Kier alpha value is -0.450. The molecule has 4 heterocycles. The third kappa shape index (κ3) is 2.69. The van der Waals surface area contributed by atoms with Crippen molar-refractivity contribution in [3.63, 3.8) is 0 Å². The van der Waals surface area contributed by atoms with E-state index in [0.29, 0.717) is 0 Å². The van der Waals surface area contributed by atoms with E-state index < -0.39 is 0 Å². The van der Waals surface area contributed by atoms with Gasteiger partial charge in [0.2, 0.25) is 0 Å². The Bertz CT molecular complexity index is 368. The van der Waals surface area contributed by atoms with Gasteiger partial charge in [-0.1, -0.05) is 0 Å². The van der Waals surface area contributed by atoms with Crippen LogP contribution in [-0.4, -0.2) is 42.1 Å². The normalized spacial score (nSPS) is 31.9. The Morgan fingerprint density at radius 3 is 2.88 bits per heavy atom. The van der Waals surface area contributed by atoms with Gasteiger partial charge < -0.3 is 10.2 Å². The zero-order chi connectivity index (χ0) is 11.7. The highest BCUT2D eigenvalue weighted by Gasteiger charge is 2.33. The van der Waals surface area contributed by atoms with Crippen LogP contribution in [0.5, 0.6) is 0 Å². The Kier molecular flexibility index (Phi) is 3.45. The van der Waals surface area contributed by atoms with Crippen molar-refractivity contribution in [3.05, 3.63) is 16.1 Å². The summed E-state index contributed by atoms with van der Waals surface area (Å²) in [6.07, 6.45) is 3.88. The van der Waals surface area contributed by atoms with Crippen LogP contribution >= 0.6 is 11.3 Å². The maximum absolute atomic E-state index is 4.51. The van der Waals surface area contributed by atoms with Gasteiger partial charge in [-0.3, -0.25) is 0 Å². The number of rotatable bonds is 4. The van der Waals surface area contributed by atoms with E-state index >= 15 is 0 Å². The first-order valence-corrected chi connectivity index (χ1v) is 7.56. The van der Waals surface area contributed by atoms with Crippen LogP contribution in [0.3, 0.4) is 0 Å². The maximum Gasteiger partial charge on any atom is 0.0940 e. The van der Waals surface area contributed by atoms with E-state index in [1.165, 1.54) is 37.5 Å². The first-order chi connectivity index (χ1) is 8.31. The number of aromatic nitrogens is 1. The molecule has 1 unspecified atom stereocenters. The number of fused-ring (bicyclic) bond motifs is 3. The van der Waals surface area contributed by atoms with E-state index in [2.05, 4.69) is 27.5 Å². The van der Waals surface area contributed by atoms with Crippen molar-refractivity contribution in [2.75, 3.05) is 26.2 Å². The summed E-state index contributed by atoms with van der Waals surface area (Å²) in [5, 5.41) is 7.15. The highest BCUT2D eigenvalue weighted by Crippen LogP contribution is 2.27. The van der Waals surface area contributed by atoms with E-state index in [1.807, 2.05) is 0 Å². The molecule has 4 rings (SSSR count). The molecule has 3 fully saturated rings. The zero-order valence-electron chi connectivity index (χ0n) is 10.5. The van der Waals surface area contributed by atoms with E-state index in [9.17, 15) is 0 Å². The van der Waals surface area contributed by atoms with E-state index in [4.69, 9.17) is 0 Å². The second kappa shape index (κ2) is 5.04. The number of hydrogen-bond acceptors (Lipinski definition) is 4. The maximum atomic E-state index is 4.51. The standard InChI is InChI=1S/C13H21N3S/c1-10-9-17-13(15-10)2-5-14-12-8-16-6-3-11(12)4-7-16/h9,11-12,14H,2-8H2,1H3. The number of hydrogen-bond donors (Lipinski definition) is 1. The summed E-state index contributed by atoms with van der Waals surface area (Å²) >= 11 is 1.79. The lowest BCUT2D eigenvalue weighted by Crippen LogP contribution is -2.56. The molecule has 0 radical (unpaired) electrons. The van der Waals surface area contributed by atoms with Gasteiger partial charge in [-0.15, -0.1) is 11.3 Å². The van der Waals surface area contributed by atoms with Gasteiger partial charge in [-0.2, -0.15) is 0 Å². The van der Waals surface area contributed by atoms with Crippen molar-refractivity contribution < 1.29 is 0 Å². The largest absolute Gasteiger partial charge is 0.312 e. The zero-order valence-corrected chi connectivity index (χ0v) is 11.3. The molecule has 1 N–H and O–H groups in total. The first-order valence-electron chi connectivity index (χ1n) is 6.68. The van der Waals surface area contributed by atoms with Gasteiger partial charge in [0, 0.05) is 36.6 Å². The lowest BCUT2D eigenvalue weighted by Gasteiger charge is -2.45. The predicted octanol–water partition coefficient (Wildman–Crippen LogP) is 1.68. The smallest absolute Gasteiger partial charge is 0.0940 e. The average Bonchev–Trinajstić information content (AvgIpc) is 2.77. The molecule has 1 atom stereocenters. The van der Waals surface area contributed by atoms with E-state index in [-0.39, 0.29) is 0 Å². The lowest BCUT2D eigenvalue weighted by molar-refractivity contribution is 0.0731. The number of aryl methyl sites for hydroxylation is 1. The molecule has 3 aliphatic rings. The second-order valence-corrected chi connectivity index (χ2v) is 6.27. The number of thiazole rings is 1. The van der Waals surface area contributed by atoms with Crippen molar-refractivity contribution in [2.45, 2.75) is 32.2 Å². The van der Waals surface area contributed by atoms with Crippen molar-refractivity contribution in [3.8, 4) is 0 Å². The summed E-state index contributed by atoms with van der Waals surface area (Å²) in [5.74, 6) is 0.929. The highest BCUT2D eigenvalue weighted by molar-refractivity contribution is 7.09. The van der Waals surface area contributed by atoms with E-state index in [1.54, 1.807) is 11.3 Å². The molecule has 0 saturated carbocycles. The van der Waals surface area contributed by atoms with Gasteiger partial charge in [0.05, 0.1) is 5.01 Å². The molecule has 0 amide bonds. The number of piperidine rings is 3. The fourth-order valence-electron chi connectivity index (χ4n) is 3.08. The molecule has 0 aromatic carbocycles. The molecule has 3 nitrogen and oxygen atoms in total. The molecular weight excluding hydrogens is 230 g/mol. The van der Waals surface area contributed by atoms with Gasteiger partial charge >= 0.3 is 0 Å². The third-order valence-electron chi connectivity index (χ3n) is 4.07. The molecule has 2 bridgehead atoms. The Balaban J connectivity index is 1.45. The topological polar surface area (TPSA) is 28.2 Å². The number of nitrogens with one attached hydrogen (secondary N) is 1. The van der Waals surface area contributed by atoms with Gasteiger partial charge in [0.25, 0.3) is 0 Å². The Morgan fingerprint density at radius 1 is 1.47 bits per heavy atom.